The second-order valence-electron chi connectivity index (χ2n) is 2.73. The van der Waals surface area contributed by atoms with Gasteiger partial charge in [0.2, 0.25) is 5.95 Å². The van der Waals surface area contributed by atoms with Gasteiger partial charge in [-0.1, -0.05) is 0 Å². The molecule has 0 aromatic carbocycles. The first-order valence-electron chi connectivity index (χ1n) is 4.64. The van der Waals surface area contributed by atoms with Gasteiger partial charge in [0.1, 0.15) is 5.75 Å². The third kappa shape index (κ3) is 6.08. The van der Waals surface area contributed by atoms with Crippen LogP contribution in [0.1, 0.15) is 0 Å². The fourth-order valence-corrected chi connectivity index (χ4v) is 0.849. The lowest BCUT2D eigenvalue weighted by Crippen LogP contribution is -2.20. The van der Waals surface area contributed by atoms with Crippen molar-refractivity contribution in [3.05, 3.63) is 43.0 Å². The zero-order chi connectivity index (χ0) is 12.5. The maximum Gasteiger partial charge on any atom is 0.707 e. The van der Waals surface area contributed by atoms with Gasteiger partial charge in [0.25, 0.3) is 0 Å². The van der Waals surface area contributed by atoms with Gasteiger partial charge in [-0.15, -0.1) is 0 Å². The van der Waals surface area contributed by atoms with E-state index in [1.807, 2.05) is 0 Å². The summed E-state index contributed by atoms with van der Waals surface area (Å²) in [5, 5.41) is 16.6. The minimum Gasteiger partial charge on any atom is -0.512 e. The van der Waals surface area contributed by atoms with Crippen LogP contribution in [0.15, 0.2) is 43.0 Å². The maximum atomic E-state index is 8.32. The molecule has 17 heavy (non-hydrogen) atoms. The molecule has 0 aliphatic rings. The molecule has 2 aromatic rings. The molecule has 7 nitrogen and oxygen atoms in total. The van der Waals surface area contributed by atoms with Crippen molar-refractivity contribution in [1.29, 1.82) is 0 Å². The summed E-state index contributed by atoms with van der Waals surface area (Å²) in [6.45, 7) is 0. The fraction of sp³-hybridized carbons (Fsp3) is 0. The molecule has 2 rings (SSSR count). The van der Waals surface area contributed by atoms with Gasteiger partial charge in [0.15, 0.2) is 0 Å². The number of nitrogen functional groups attached to an aromatic ring is 1. The smallest absolute Gasteiger partial charge is 0.512 e. The molecule has 0 aliphatic carbocycles. The quantitative estimate of drug-likeness (QED) is 0.599. The van der Waals surface area contributed by atoms with Crippen molar-refractivity contribution in [3.63, 3.8) is 0 Å². The van der Waals surface area contributed by atoms with Crippen LogP contribution in [0.2, 0.25) is 0 Å². The van der Waals surface area contributed by atoms with Crippen LogP contribution in [-0.4, -0.2) is 32.3 Å². The molecule has 88 valence electrons. The predicted molar refractivity (Wildman–Crippen MR) is 61.5 cm³/mol. The Labute approximate surface area is 98.1 Å². The summed E-state index contributed by atoms with van der Waals surface area (Å²) >= 11 is 0. The van der Waals surface area contributed by atoms with E-state index in [-0.39, 0.29) is 0 Å². The van der Waals surface area contributed by atoms with Crippen LogP contribution in [-0.2, 0) is 0 Å². The molecule has 0 fully saturated rings. The summed E-state index contributed by atoms with van der Waals surface area (Å²) in [4.78, 5) is 11.0. The highest BCUT2D eigenvalue weighted by atomic mass is 16.6. The Morgan fingerprint density at radius 3 is 2.06 bits per heavy atom. The average Bonchev–Trinajstić information content (AvgIpc) is 2.31. The maximum absolute atomic E-state index is 8.32. The van der Waals surface area contributed by atoms with Crippen LogP contribution < -0.4 is 10.4 Å². The van der Waals surface area contributed by atoms with E-state index >= 15 is 0 Å². The number of hydrogen-bond donors (Lipinski definition) is 3. The van der Waals surface area contributed by atoms with Gasteiger partial charge in [0.05, 0.1) is 0 Å². The Kier molecular flexibility index (Phi) is 5.42. The van der Waals surface area contributed by atoms with E-state index < -0.39 is 7.32 Å². The number of hydrogen-bond acceptors (Lipinski definition) is 7. The molecule has 2 aromatic heterocycles. The van der Waals surface area contributed by atoms with E-state index in [0.717, 1.165) is 0 Å². The number of pyridine rings is 1. The molecule has 0 atom stereocenters. The summed E-state index contributed by atoms with van der Waals surface area (Å²) in [5.74, 6) is 0.701. The van der Waals surface area contributed by atoms with Crippen molar-refractivity contribution < 1.29 is 14.7 Å². The van der Waals surface area contributed by atoms with Crippen molar-refractivity contribution in [3.8, 4) is 5.75 Å². The number of rotatable bonds is 2. The van der Waals surface area contributed by atoms with Crippen molar-refractivity contribution in [2.24, 2.45) is 0 Å². The molecule has 0 saturated heterocycles. The number of anilines is 1. The molecule has 0 saturated carbocycles. The summed E-state index contributed by atoms with van der Waals surface area (Å²) in [7, 11) is -1.76. The van der Waals surface area contributed by atoms with Crippen LogP contribution in [0, 0.1) is 0 Å². The normalized spacial score (nSPS) is 8.82. The van der Waals surface area contributed by atoms with E-state index in [1.54, 1.807) is 18.5 Å². The fourth-order valence-electron chi connectivity index (χ4n) is 0.849. The lowest BCUT2D eigenvalue weighted by atomic mass is 10.2. The Morgan fingerprint density at radius 1 is 1.06 bits per heavy atom. The van der Waals surface area contributed by atoms with Crippen LogP contribution in [0.4, 0.5) is 5.95 Å². The van der Waals surface area contributed by atoms with Gasteiger partial charge in [-0.05, 0) is 18.2 Å². The van der Waals surface area contributed by atoms with Crippen LogP contribution in [0.25, 0.3) is 0 Å². The van der Waals surface area contributed by atoms with Gasteiger partial charge in [-0.3, -0.25) is 4.98 Å². The lowest BCUT2D eigenvalue weighted by Gasteiger charge is -2.01. The number of nitrogens with two attached hydrogens (primary N) is 1. The molecule has 4 N–H and O–H groups in total. The average molecular weight is 234 g/mol. The van der Waals surface area contributed by atoms with Crippen LogP contribution in [0.5, 0.6) is 5.75 Å². The van der Waals surface area contributed by atoms with Crippen molar-refractivity contribution in [2.75, 3.05) is 5.73 Å². The van der Waals surface area contributed by atoms with E-state index in [2.05, 4.69) is 19.6 Å². The van der Waals surface area contributed by atoms with E-state index in [4.69, 9.17) is 15.8 Å². The molecular formula is C9H11BN4O3. The van der Waals surface area contributed by atoms with Crippen molar-refractivity contribution in [2.45, 2.75) is 0 Å². The monoisotopic (exact) mass is 234 g/mol. The predicted octanol–water partition coefficient (Wildman–Crippen LogP) is -0.511. The Balaban J connectivity index is 0.000000181. The molecule has 0 amide bonds. The second-order valence-corrected chi connectivity index (χ2v) is 2.73. The summed E-state index contributed by atoms with van der Waals surface area (Å²) in [6, 6.07) is 4.77. The van der Waals surface area contributed by atoms with E-state index in [0.29, 0.717) is 11.7 Å². The molecular weight excluding hydrogens is 223 g/mol. The lowest BCUT2D eigenvalue weighted by molar-refractivity contribution is 0.288. The zero-order valence-corrected chi connectivity index (χ0v) is 8.84. The summed E-state index contributed by atoms with van der Waals surface area (Å²) < 4.78 is 4.49. The largest absolute Gasteiger partial charge is 0.707 e. The number of aromatic nitrogens is 3. The highest BCUT2D eigenvalue weighted by molar-refractivity contribution is 6.33. The highest BCUT2D eigenvalue weighted by Gasteiger charge is 2.09. The standard InChI is InChI=1S/C5H6BNO3.C4H5N3/c8-6(9)10-5-1-3-7-4-2-5;5-4-6-2-1-3-7-4/h1-4,8-9H;1-3H,(H2,5,6,7). The third-order valence-corrected chi connectivity index (χ3v) is 1.48. The number of nitrogens with zero attached hydrogens (tertiary/aromatic N) is 3. The zero-order valence-electron chi connectivity index (χ0n) is 8.84. The SMILES string of the molecule is Nc1ncccn1.OB(O)Oc1ccncc1. The van der Waals surface area contributed by atoms with Gasteiger partial charge in [0, 0.05) is 24.8 Å². The minimum atomic E-state index is -1.76. The first-order chi connectivity index (χ1) is 8.18. The topological polar surface area (TPSA) is 114 Å². The molecule has 8 heteroatoms. The van der Waals surface area contributed by atoms with Crippen LogP contribution >= 0.6 is 0 Å². The molecule has 2 heterocycles. The molecule has 0 radical (unpaired) electrons. The van der Waals surface area contributed by atoms with E-state index in [1.165, 1.54) is 24.5 Å². The Bertz CT molecular complexity index is 415. The van der Waals surface area contributed by atoms with E-state index in [9.17, 15) is 0 Å². The second kappa shape index (κ2) is 7.15. The van der Waals surface area contributed by atoms with Crippen molar-refractivity contribution >= 4 is 13.3 Å². The Hall–Kier alpha value is -2.19. The van der Waals surface area contributed by atoms with Gasteiger partial charge in [-0.2, -0.15) is 0 Å². The Morgan fingerprint density at radius 2 is 1.65 bits per heavy atom. The summed E-state index contributed by atoms with van der Waals surface area (Å²) in [6.07, 6.45) is 6.19. The van der Waals surface area contributed by atoms with Crippen molar-refractivity contribution in [1.82, 2.24) is 15.0 Å². The van der Waals surface area contributed by atoms with Gasteiger partial charge >= 0.3 is 7.32 Å². The molecule has 0 aliphatic heterocycles. The third-order valence-electron chi connectivity index (χ3n) is 1.48. The molecule has 0 spiro atoms. The summed E-state index contributed by atoms with van der Waals surface area (Å²) in [5.41, 5.74) is 5.14. The molecule has 0 unspecified atom stereocenters. The van der Waals surface area contributed by atoms with Crippen LogP contribution in [0.3, 0.4) is 0 Å². The minimum absolute atomic E-state index is 0.322. The van der Waals surface area contributed by atoms with Gasteiger partial charge in [-0.25, -0.2) is 9.97 Å². The molecule has 0 bridgehead atoms. The first kappa shape index (κ1) is 12.9. The first-order valence-corrected chi connectivity index (χ1v) is 4.64. The highest BCUT2D eigenvalue weighted by Crippen LogP contribution is 2.05. The van der Waals surface area contributed by atoms with Gasteiger partial charge < -0.3 is 20.4 Å².